The van der Waals surface area contributed by atoms with E-state index in [0.717, 1.165) is 12.1 Å². The summed E-state index contributed by atoms with van der Waals surface area (Å²) in [7, 11) is 0. The van der Waals surface area contributed by atoms with E-state index in [9.17, 15) is 0 Å². The van der Waals surface area contributed by atoms with Gasteiger partial charge in [-0.05, 0) is 45.7 Å². The largest absolute Gasteiger partial charge is 0.315 e. The van der Waals surface area contributed by atoms with E-state index in [0.29, 0.717) is 0 Å². The molecule has 0 aromatic heterocycles. The van der Waals surface area contributed by atoms with Gasteiger partial charge in [-0.3, -0.25) is 4.90 Å². The number of rotatable bonds is 7. The van der Waals surface area contributed by atoms with E-state index < -0.39 is 0 Å². The number of hydrogen-bond acceptors (Lipinski definition) is 2. The maximum atomic E-state index is 3.62. The highest BCUT2D eigenvalue weighted by Crippen LogP contribution is 2.20. The van der Waals surface area contributed by atoms with E-state index in [2.05, 4.69) is 31.0 Å². The Kier molecular flexibility index (Phi) is 7.87. The molecule has 1 aliphatic rings. The third kappa shape index (κ3) is 5.39. The fraction of sp³-hybridized carbons (Fsp3) is 1.00. The minimum atomic E-state index is 0.764. The van der Waals surface area contributed by atoms with Gasteiger partial charge < -0.3 is 5.32 Å². The van der Waals surface area contributed by atoms with Gasteiger partial charge in [-0.25, -0.2) is 0 Å². The zero-order valence-electron chi connectivity index (χ0n) is 12.2. The second-order valence-electron chi connectivity index (χ2n) is 5.58. The number of likely N-dealkylation sites (tertiary alicyclic amines) is 1. The second-order valence-corrected chi connectivity index (χ2v) is 5.58. The Balaban J connectivity index is 2.46. The standard InChI is InChI=1S/C15H32N2/c1-4-9-15(13-16-11-5-2)17-12-8-6-7-10-14(17)3/h14-16H,4-13H2,1-3H3. The van der Waals surface area contributed by atoms with Crippen molar-refractivity contribution in [1.82, 2.24) is 10.2 Å². The zero-order valence-corrected chi connectivity index (χ0v) is 12.2. The van der Waals surface area contributed by atoms with Gasteiger partial charge in [-0.15, -0.1) is 0 Å². The normalized spacial score (nSPS) is 24.5. The highest BCUT2D eigenvalue weighted by Gasteiger charge is 2.23. The van der Waals surface area contributed by atoms with Crippen LogP contribution in [0, 0.1) is 0 Å². The van der Waals surface area contributed by atoms with E-state index in [-0.39, 0.29) is 0 Å². The van der Waals surface area contributed by atoms with Crippen molar-refractivity contribution in [2.45, 2.75) is 77.8 Å². The van der Waals surface area contributed by atoms with Crippen LogP contribution in [0.1, 0.15) is 65.7 Å². The molecule has 1 fully saturated rings. The van der Waals surface area contributed by atoms with Crippen LogP contribution >= 0.6 is 0 Å². The molecule has 2 heteroatoms. The molecule has 0 radical (unpaired) electrons. The first-order chi connectivity index (χ1) is 8.29. The molecular weight excluding hydrogens is 208 g/mol. The molecule has 0 bridgehead atoms. The van der Waals surface area contributed by atoms with Crippen LogP contribution in [0.3, 0.4) is 0 Å². The van der Waals surface area contributed by atoms with Crippen LogP contribution in [0.5, 0.6) is 0 Å². The smallest absolute Gasteiger partial charge is 0.0223 e. The fourth-order valence-corrected chi connectivity index (χ4v) is 3.00. The first-order valence-corrected chi connectivity index (χ1v) is 7.76. The van der Waals surface area contributed by atoms with Crippen molar-refractivity contribution >= 4 is 0 Å². The van der Waals surface area contributed by atoms with Crippen LogP contribution in [0.15, 0.2) is 0 Å². The Labute approximate surface area is 108 Å². The van der Waals surface area contributed by atoms with Gasteiger partial charge in [0, 0.05) is 18.6 Å². The molecule has 102 valence electrons. The van der Waals surface area contributed by atoms with Crippen LogP contribution in [-0.4, -0.2) is 36.6 Å². The number of nitrogens with zero attached hydrogens (tertiary/aromatic N) is 1. The summed E-state index contributed by atoms with van der Waals surface area (Å²) >= 11 is 0. The Hall–Kier alpha value is -0.0800. The first-order valence-electron chi connectivity index (χ1n) is 7.76. The quantitative estimate of drug-likeness (QED) is 0.686. The van der Waals surface area contributed by atoms with Crippen molar-refractivity contribution in [2.75, 3.05) is 19.6 Å². The van der Waals surface area contributed by atoms with Crippen molar-refractivity contribution in [2.24, 2.45) is 0 Å². The first kappa shape index (κ1) is 15.0. The van der Waals surface area contributed by atoms with Gasteiger partial charge in [0.25, 0.3) is 0 Å². The topological polar surface area (TPSA) is 15.3 Å². The van der Waals surface area contributed by atoms with E-state index in [4.69, 9.17) is 0 Å². The Morgan fingerprint density at radius 3 is 2.71 bits per heavy atom. The molecule has 0 aromatic carbocycles. The molecule has 1 rings (SSSR count). The number of nitrogens with one attached hydrogen (secondary N) is 1. The summed E-state index contributed by atoms with van der Waals surface area (Å²) in [6.45, 7) is 10.7. The second kappa shape index (κ2) is 8.93. The van der Waals surface area contributed by atoms with Crippen molar-refractivity contribution < 1.29 is 0 Å². The monoisotopic (exact) mass is 240 g/mol. The Morgan fingerprint density at radius 2 is 2.00 bits per heavy atom. The molecule has 2 unspecified atom stereocenters. The molecule has 2 nitrogen and oxygen atoms in total. The predicted octanol–water partition coefficient (Wildman–Crippen LogP) is 3.42. The summed E-state index contributed by atoms with van der Waals surface area (Å²) in [6, 6.07) is 1.55. The van der Waals surface area contributed by atoms with E-state index in [1.165, 1.54) is 64.6 Å². The lowest BCUT2D eigenvalue weighted by atomic mass is 10.1. The number of hydrogen-bond donors (Lipinski definition) is 1. The molecule has 1 aliphatic heterocycles. The van der Waals surface area contributed by atoms with Crippen LogP contribution in [0.25, 0.3) is 0 Å². The van der Waals surface area contributed by atoms with E-state index in [1.807, 2.05) is 0 Å². The van der Waals surface area contributed by atoms with Crippen molar-refractivity contribution in [3.8, 4) is 0 Å². The molecule has 0 spiro atoms. The molecule has 17 heavy (non-hydrogen) atoms. The van der Waals surface area contributed by atoms with Gasteiger partial charge in [0.05, 0.1) is 0 Å². The maximum Gasteiger partial charge on any atom is 0.0223 e. The molecule has 1 heterocycles. The van der Waals surface area contributed by atoms with Crippen LogP contribution in [0.4, 0.5) is 0 Å². The highest BCUT2D eigenvalue weighted by atomic mass is 15.2. The molecule has 1 saturated heterocycles. The molecule has 0 amide bonds. The van der Waals surface area contributed by atoms with E-state index >= 15 is 0 Å². The minimum absolute atomic E-state index is 0.764. The molecule has 0 aromatic rings. The summed E-state index contributed by atoms with van der Waals surface area (Å²) in [5.41, 5.74) is 0. The molecule has 1 N–H and O–H groups in total. The van der Waals surface area contributed by atoms with Gasteiger partial charge in [0.1, 0.15) is 0 Å². The van der Waals surface area contributed by atoms with Crippen molar-refractivity contribution in [1.29, 1.82) is 0 Å². The average Bonchev–Trinajstić information content (AvgIpc) is 2.53. The predicted molar refractivity (Wildman–Crippen MR) is 76.5 cm³/mol. The van der Waals surface area contributed by atoms with Crippen molar-refractivity contribution in [3.63, 3.8) is 0 Å². The fourth-order valence-electron chi connectivity index (χ4n) is 3.00. The van der Waals surface area contributed by atoms with Crippen LogP contribution in [0.2, 0.25) is 0 Å². The molecule has 0 aliphatic carbocycles. The van der Waals surface area contributed by atoms with Crippen LogP contribution in [-0.2, 0) is 0 Å². The molecule has 2 atom stereocenters. The molecule has 0 saturated carbocycles. The SMILES string of the molecule is CCCNCC(CCC)N1CCCCCC1C. The summed E-state index contributed by atoms with van der Waals surface area (Å²) in [6.07, 6.45) is 9.56. The third-order valence-electron chi connectivity index (χ3n) is 4.00. The minimum Gasteiger partial charge on any atom is -0.315 e. The van der Waals surface area contributed by atoms with Gasteiger partial charge in [0.2, 0.25) is 0 Å². The Bertz CT molecular complexity index is 182. The van der Waals surface area contributed by atoms with Crippen LogP contribution < -0.4 is 5.32 Å². The lowest BCUT2D eigenvalue weighted by molar-refractivity contribution is 0.136. The maximum absolute atomic E-state index is 3.62. The Morgan fingerprint density at radius 1 is 1.18 bits per heavy atom. The summed E-state index contributed by atoms with van der Waals surface area (Å²) in [5, 5.41) is 3.62. The third-order valence-corrected chi connectivity index (χ3v) is 4.00. The zero-order chi connectivity index (χ0) is 12.5. The summed E-state index contributed by atoms with van der Waals surface area (Å²) in [4.78, 5) is 2.78. The average molecular weight is 240 g/mol. The van der Waals surface area contributed by atoms with Crippen molar-refractivity contribution in [3.05, 3.63) is 0 Å². The lowest BCUT2D eigenvalue weighted by Crippen LogP contribution is -2.46. The van der Waals surface area contributed by atoms with Gasteiger partial charge >= 0.3 is 0 Å². The molecular formula is C15H32N2. The van der Waals surface area contributed by atoms with Gasteiger partial charge in [0.15, 0.2) is 0 Å². The van der Waals surface area contributed by atoms with Gasteiger partial charge in [-0.1, -0.05) is 33.1 Å². The van der Waals surface area contributed by atoms with E-state index in [1.54, 1.807) is 0 Å². The summed E-state index contributed by atoms with van der Waals surface area (Å²) < 4.78 is 0. The summed E-state index contributed by atoms with van der Waals surface area (Å²) in [5.74, 6) is 0. The highest BCUT2D eigenvalue weighted by molar-refractivity contribution is 4.80. The van der Waals surface area contributed by atoms with Gasteiger partial charge in [-0.2, -0.15) is 0 Å². The lowest BCUT2D eigenvalue weighted by Gasteiger charge is -2.35.